The van der Waals surface area contributed by atoms with Gasteiger partial charge in [0.15, 0.2) is 0 Å². The van der Waals surface area contributed by atoms with Crippen LogP contribution in [0.15, 0.2) is 58.2 Å². The smallest absolute Gasteiger partial charge is 0.277 e. The third-order valence-corrected chi connectivity index (χ3v) is 4.10. The fourth-order valence-corrected chi connectivity index (χ4v) is 2.78. The van der Waals surface area contributed by atoms with Crippen LogP contribution in [-0.2, 0) is 5.75 Å². The number of nitrogens with zero attached hydrogens (tertiary/aromatic N) is 3. The van der Waals surface area contributed by atoms with Crippen molar-refractivity contribution >= 4 is 11.8 Å². The van der Waals surface area contributed by atoms with Gasteiger partial charge in [-0.2, -0.15) is 5.26 Å². The van der Waals surface area contributed by atoms with Gasteiger partial charge in [0.1, 0.15) is 5.75 Å². The van der Waals surface area contributed by atoms with Crippen LogP contribution in [0.1, 0.15) is 11.1 Å². The molecule has 1 heterocycles. The van der Waals surface area contributed by atoms with Crippen molar-refractivity contribution in [1.29, 1.82) is 5.26 Å². The molecular weight excluding hydrogens is 310 g/mol. The number of methoxy groups -OCH3 is 1. The van der Waals surface area contributed by atoms with Crippen LogP contribution in [0.25, 0.3) is 11.5 Å². The van der Waals surface area contributed by atoms with Crippen molar-refractivity contribution in [2.45, 2.75) is 11.0 Å². The zero-order valence-electron chi connectivity index (χ0n) is 12.4. The van der Waals surface area contributed by atoms with Gasteiger partial charge in [-0.1, -0.05) is 30.0 Å². The Morgan fingerprint density at radius 3 is 2.65 bits per heavy atom. The van der Waals surface area contributed by atoms with Gasteiger partial charge < -0.3 is 9.15 Å². The van der Waals surface area contributed by atoms with E-state index in [1.807, 2.05) is 42.5 Å². The van der Waals surface area contributed by atoms with E-state index < -0.39 is 0 Å². The van der Waals surface area contributed by atoms with Crippen LogP contribution in [0.2, 0.25) is 0 Å². The number of ether oxygens (including phenoxy) is 1. The summed E-state index contributed by atoms with van der Waals surface area (Å²) >= 11 is 1.41. The minimum atomic E-state index is 0.462. The molecule has 1 aromatic heterocycles. The molecule has 0 spiro atoms. The molecule has 114 valence electrons. The van der Waals surface area contributed by atoms with Crippen molar-refractivity contribution in [1.82, 2.24) is 10.2 Å². The van der Waals surface area contributed by atoms with Crippen LogP contribution < -0.4 is 4.74 Å². The summed E-state index contributed by atoms with van der Waals surface area (Å²) < 4.78 is 10.8. The first-order chi connectivity index (χ1) is 11.3. The molecule has 0 unspecified atom stereocenters. The number of hydrogen-bond donors (Lipinski definition) is 0. The summed E-state index contributed by atoms with van der Waals surface area (Å²) in [7, 11) is 1.62. The van der Waals surface area contributed by atoms with Crippen molar-refractivity contribution in [3.05, 3.63) is 59.7 Å². The molecule has 0 saturated carbocycles. The molecule has 0 radical (unpaired) electrons. The quantitative estimate of drug-likeness (QED) is 0.663. The van der Waals surface area contributed by atoms with Crippen LogP contribution in [0.5, 0.6) is 5.75 Å². The van der Waals surface area contributed by atoms with Gasteiger partial charge in [0.2, 0.25) is 5.89 Å². The molecule has 23 heavy (non-hydrogen) atoms. The summed E-state index contributed by atoms with van der Waals surface area (Å²) in [4.78, 5) is 0. The number of nitriles is 1. The van der Waals surface area contributed by atoms with Gasteiger partial charge in [-0.25, -0.2) is 0 Å². The highest BCUT2D eigenvalue weighted by Crippen LogP contribution is 2.27. The second-order valence-corrected chi connectivity index (χ2v) is 5.59. The maximum Gasteiger partial charge on any atom is 0.277 e. The van der Waals surface area contributed by atoms with Crippen LogP contribution in [0, 0.1) is 11.3 Å². The third kappa shape index (κ3) is 3.52. The van der Waals surface area contributed by atoms with E-state index in [9.17, 15) is 0 Å². The molecule has 2 aromatic carbocycles. The average Bonchev–Trinajstić information content (AvgIpc) is 3.09. The minimum Gasteiger partial charge on any atom is -0.497 e. The summed E-state index contributed by atoms with van der Waals surface area (Å²) in [6.07, 6.45) is 0. The molecule has 3 aromatic rings. The largest absolute Gasteiger partial charge is 0.497 e. The molecule has 0 N–H and O–H groups in total. The predicted octanol–water partition coefficient (Wildman–Crippen LogP) is 3.91. The van der Waals surface area contributed by atoms with Gasteiger partial charge in [0.25, 0.3) is 5.22 Å². The molecule has 0 atom stereocenters. The monoisotopic (exact) mass is 323 g/mol. The maximum atomic E-state index is 9.09. The Morgan fingerprint density at radius 1 is 1.13 bits per heavy atom. The van der Waals surface area contributed by atoms with Crippen LogP contribution in [0.3, 0.4) is 0 Å². The van der Waals surface area contributed by atoms with Gasteiger partial charge in [-0.05, 0) is 35.9 Å². The van der Waals surface area contributed by atoms with Crippen molar-refractivity contribution in [2.75, 3.05) is 7.11 Å². The van der Waals surface area contributed by atoms with Crippen molar-refractivity contribution in [2.24, 2.45) is 0 Å². The van der Waals surface area contributed by atoms with E-state index in [4.69, 9.17) is 14.4 Å². The average molecular weight is 323 g/mol. The summed E-state index contributed by atoms with van der Waals surface area (Å²) in [5, 5.41) is 17.7. The number of hydrogen-bond acceptors (Lipinski definition) is 6. The Balaban J connectivity index is 1.71. The van der Waals surface area contributed by atoms with Crippen LogP contribution >= 0.6 is 11.8 Å². The van der Waals surface area contributed by atoms with Gasteiger partial charge >= 0.3 is 0 Å². The fraction of sp³-hybridized carbons (Fsp3) is 0.118. The Morgan fingerprint density at radius 2 is 1.91 bits per heavy atom. The lowest BCUT2D eigenvalue weighted by Gasteiger charge is -2.00. The van der Waals surface area contributed by atoms with E-state index in [2.05, 4.69) is 16.3 Å². The lowest BCUT2D eigenvalue weighted by atomic mass is 10.1. The lowest BCUT2D eigenvalue weighted by molar-refractivity contribution is 0.414. The topological polar surface area (TPSA) is 71.9 Å². The van der Waals surface area contributed by atoms with Crippen LogP contribution in [0.4, 0.5) is 0 Å². The number of thioether (sulfide) groups is 1. The molecule has 5 nitrogen and oxygen atoms in total. The zero-order chi connectivity index (χ0) is 16.1. The van der Waals surface area contributed by atoms with Crippen molar-refractivity contribution < 1.29 is 9.15 Å². The first-order valence-electron chi connectivity index (χ1n) is 6.89. The maximum absolute atomic E-state index is 9.09. The summed E-state index contributed by atoms with van der Waals surface area (Å²) in [5.74, 6) is 1.84. The highest BCUT2D eigenvalue weighted by molar-refractivity contribution is 7.98. The highest BCUT2D eigenvalue weighted by Gasteiger charge is 2.10. The molecule has 0 saturated heterocycles. The van der Waals surface area contributed by atoms with Crippen LogP contribution in [-0.4, -0.2) is 17.3 Å². The third-order valence-electron chi connectivity index (χ3n) is 3.23. The van der Waals surface area contributed by atoms with E-state index in [1.54, 1.807) is 13.2 Å². The first-order valence-corrected chi connectivity index (χ1v) is 7.87. The molecule has 3 rings (SSSR count). The van der Waals surface area contributed by atoms with Crippen molar-refractivity contribution in [3.63, 3.8) is 0 Å². The summed E-state index contributed by atoms with van der Waals surface area (Å²) in [5.41, 5.74) is 2.45. The standard InChI is InChI=1S/C17H13N3O2S/c1-21-15-8-6-12(7-9-15)16-19-20-17(22-16)23-11-14-5-3-2-4-13(14)10-18/h2-9H,11H2,1H3. The highest BCUT2D eigenvalue weighted by atomic mass is 32.2. The molecule has 0 bridgehead atoms. The predicted molar refractivity (Wildman–Crippen MR) is 87.0 cm³/mol. The Labute approximate surface area is 137 Å². The van der Waals surface area contributed by atoms with Crippen molar-refractivity contribution in [3.8, 4) is 23.3 Å². The van der Waals surface area contributed by atoms with E-state index in [0.717, 1.165) is 16.9 Å². The first kappa shape index (κ1) is 15.1. The van der Waals surface area contributed by atoms with Gasteiger partial charge in [-0.15, -0.1) is 10.2 Å². The van der Waals surface area contributed by atoms with Gasteiger partial charge in [-0.3, -0.25) is 0 Å². The van der Waals surface area contributed by atoms with E-state index in [0.29, 0.717) is 22.4 Å². The Hall–Kier alpha value is -2.78. The van der Waals surface area contributed by atoms with E-state index in [-0.39, 0.29) is 0 Å². The zero-order valence-corrected chi connectivity index (χ0v) is 13.2. The Bertz CT molecular complexity index is 838. The second kappa shape index (κ2) is 6.99. The summed E-state index contributed by atoms with van der Waals surface area (Å²) in [6.45, 7) is 0. The van der Waals surface area contributed by atoms with E-state index >= 15 is 0 Å². The molecule has 0 aliphatic heterocycles. The van der Waals surface area contributed by atoms with E-state index in [1.165, 1.54) is 11.8 Å². The fourth-order valence-electron chi connectivity index (χ4n) is 2.01. The van der Waals surface area contributed by atoms with Gasteiger partial charge in [0, 0.05) is 11.3 Å². The molecule has 0 aliphatic carbocycles. The molecule has 6 heteroatoms. The molecular formula is C17H13N3O2S. The normalized spacial score (nSPS) is 10.3. The van der Waals surface area contributed by atoms with Gasteiger partial charge in [0.05, 0.1) is 18.7 Å². The Kier molecular flexibility index (Phi) is 4.60. The minimum absolute atomic E-state index is 0.462. The summed E-state index contributed by atoms with van der Waals surface area (Å²) in [6, 6.07) is 17.1. The molecule has 0 amide bonds. The number of aromatic nitrogens is 2. The second-order valence-electron chi connectivity index (χ2n) is 4.66. The number of benzene rings is 2. The molecule has 0 aliphatic rings. The SMILES string of the molecule is COc1ccc(-c2nnc(SCc3ccccc3C#N)o2)cc1. The molecule has 0 fully saturated rings. The lowest BCUT2D eigenvalue weighted by Crippen LogP contribution is -1.86. The number of rotatable bonds is 5.